The van der Waals surface area contributed by atoms with E-state index in [1.165, 1.54) is 0 Å². The Hall–Kier alpha value is -2.08. The van der Waals surface area contributed by atoms with Crippen LogP contribution in [0.25, 0.3) is 11.1 Å². The van der Waals surface area contributed by atoms with Crippen molar-refractivity contribution < 1.29 is 14.6 Å². The van der Waals surface area contributed by atoms with E-state index in [4.69, 9.17) is 9.47 Å². The van der Waals surface area contributed by atoms with Crippen LogP contribution in [0.15, 0.2) is 36.4 Å². The number of aliphatic hydroxyl groups excluding tert-OH is 1. The molecule has 0 atom stereocenters. The summed E-state index contributed by atoms with van der Waals surface area (Å²) in [6, 6.07) is 12.0. The largest absolute Gasteiger partial charge is 0.494 e. The van der Waals surface area contributed by atoms with E-state index in [0.717, 1.165) is 85.9 Å². The van der Waals surface area contributed by atoms with Gasteiger partial charge in [-0.2, -0.15) is 0 Å². The van der Waals surface area contributed by atoms with Crippen LogP contribution in [0.5, 0.6) is 11.5 Å². The Labute approximate surface area is 193 Å². The molecule has 0 radical (unpaired) electrons. The van der Waals surface area contributed by atoms with E-state index in [1.807, 2.05) is 24.3 Å². The molecule has 0 fully saturated rings. The lowest BCUT2D eigenvalue weighted by Crippen LogP contribution is -2.25. The first-order valence-electron chi connectivity index (χ1n) is 12.3. The van der Waals surface area contributed by atoms with E-state index in [2.05, 4.69) is 49.6 Å². The van der Waals surface area contributed by atoms with Crippen molar-refractivity contribution in [2.45, 2.75) is 46.6 Å². The van der Waals surface area contributed by atoms with Crippen LogP contribution in [0.2, 0.25) is 0 Å². The standard InChI is InChI=1S/C27H40N2O3/c1-5-28(6-2)15-9-17-31-21-11-13-23-25(19-21)26-20-22(12-14-24(26)27(23)30)32-18-10-16-29(7-3)8-4/h11-14,19-20,27,30H,5-10,15-18H2,1-4H3. The maximum absolute atomic E-state index is 10.8. The average Bonchev–Trinajstić information content (AvgIpc) is 3.10. The molecule has 1 aliphatic carbocycles. The fourth-order valence-electron chi connectivity index (χ4n) is 4.40. The smallest absolute Gasteiger partial charge is 0.119 e. The summed E-state index contributed by atoms with van der Waals surface area (Å²) in [5.41, 5.74) is 3.97. The second-order valence-electron chi connectivity index (χ2n) is 8.36. The predicted octanol–water partition coefficient (Wildman–Crippen LogP) is 4.97. The molecule has 3 rings (SSSR count). The quantitative estimate of drug-likeness (QED) is 0.420. The van der Waals surface area contributed by atoms with Gasteiger partial charge in [0.25, 0.3) is 0 Å². The molecule has 0 aromatic heterocycles. The zero-order valence-corrected chi connectivity index (χ0v) is 20.3. The van der Waals surface area contributed by atoms with Crippen molar-refractivity contribution in [2.75, 3.05) is 52.5 Å². The lowest BCUT2D eigenvalue weighted by molar-refractivity contribution is 0.224. The van der Waals surface area contributed by atoms with Crippen LogP contribution < -0.4 is 9.47 Å². The lowest BCUT2D eigenvalue weighted by atomic mass is 10.1. The lowest BCUT2D eigenvalue weighted by Gasteiger charge is -2.18. The molecule has 5 heteroatoms. The number of hydrogen-bond acceptors (Lipinski definition) is 5. The molecule has 0 amide bonds. The maximum atomic E-state index is 10.8. The van der Waals surface area contributed by atoms with Gasteiger partial charge in [-0.15, -0.1) is 0 Å². The van der Waals surface area contributed by atoms with Gasteiger partial charge in [0.15, 0.2) is 0 Å². The minimum absolute atomic E-state index is 0.589. The monoisotopic (exact) mass is 440 g/mol. The van der Waals surface area contributed by atoms with E-state index in [-0.39, 0.29) is 0 Å². The van der Waals surface area contributed by atoms with E-state index in [1.54, 1.807) is 0 Å². The van der Waals surface area contributed by atoms with E-state index < -0.39 is 6.10 Å². The fourth-order valence-corrected chi connectivity index (χ4v) is 4.40. The number of ether oxygens (including phenoxy) is 2. The summed E-state index contributed by atoms with van der Waals surface area (Å²) in [6.07, 6.45) is 1.42. The molecule has 0 saturated carbocycles. The molecule has 0 aliphatic heterocycles. The fraction of sp³-hybridized carbons (Fsp3) is 0.556. The van der Waals surface area contributed by atoms with Crippen molar-refractivity contribution >= 4 is 0 Å². The van der Waals surface area contributed by atoms with Gasteiger partial charge in [-0.25, -0.2) is 0 Å². The first kappa shape index (κ1) is 24.6. The molecule has 0 heterocycles. The first-order valence-corrected chi connectivity index (χ1v) is 12.3. The molecule has 0 spiro atoms. The Morgan fingerprint density at radius 2 is 1.09 bits per heavy atom. The average molecular weight is 441 g/mol. The SMILES string of the molecule is CCN(CC)CCCOc1ccc2c(c1)-c1cc(OCCCN(CC)CC)ccc1C2O. The molecule has 2 aromatic carbocycles. The van der Waals surface area contributed by atoms with Crippen molar-refractivity contribution in [3.8, 4) is 22.6 Å². The van der Waals surface area contributed by atoms with Crippen LogP contribution in [0.4, 0.5) is 0 Å². The van der Waals surface area contributed by atoms with Crippen LogP contribution in [-0.4, -0.2) is 67.4 Å². The van der Waals surface area contributed by atoms with Crippen molar-refractivity contribution in [1.82, 2.24) is 9.80 Å². The number of benzene rings is 2. The zero-order valence-electron chi connectivity index (χ0n) is 20.3. The normalized spacial score (nSPS) is 13.0. The number of fused-ring (bicyclic) bond motifs is 3. The topological polar surface area (TPSA) is 45.2 Å². The number of rotatable bonds is 14. The molecule has 176 valence electrons. The van der Waals surface area contributed by atoms with Crippen LogP contribution in [0.3, 0.4) is 0 Å². The minimum atomic E-state index is -0.589. The third-order valence-electron chi connectivity index (χ3n) is 6.49. The van der Waals surface area contributed by atoms with Crippen LogP contribution in [0, 0.1) is 0 Å². The molecular formula is C27H40N2O3. The van der Waals surface area contributed by atoms with Gasteiger partial charge in [-0.1, -0.05) is 39.8 Å². The third-order valence-corrected chi connectivity index (χ3v) is 6.49. The van der Waals surface area contributed by atoms with Crippen molar-refractivity contribution in [3.63, 3.8) is 0 Å². The molecule has 0 bridgehead atoms. The molecule has 5 nitrogen and oxygen atoms in total. The van der Waals surface area contributed by atoms with Gasteiger partial charge in [0.05, 0.1) is 13.2 Å². The Kier molecular flexibility index (Phi) is 9.39. The van der Waals surface area contributed by atoms with Gasteiger partial charge in [0.2, 0.25) is 0 Å². The highest BCUT2D eigenvalue weighted by Crippen LogP contribution is 2.46. The van der Waals surface area contributed by atoms with E-state index in [9.17, 15) is 5.11 Å². The van der Waals surface area contributed by atoms with Gasteiger partial charge >= 0.3 is 0 Å². The molecule has 32 heavy (non-hydrogen) atoms. The third kappa shape index (κ3) is 6.03. The molecule has 1 N–H and O–H groups in total. The Bertz CT molecular complexity index is 777. The second-order valence-corrected chi connectivity index (χ2v) is 8.36. The van der Waals surface area contributed by atoms with Gasteiger partial charge in [-0.3, -0.25) is 0 Å². The van der Waals surface area contributed by atoms with E-state index >= 15 is 0 Å². The summed E-state index contributed by atoms with van der Waals surface area (Å²) >= 11 is 0. The van der Waals surface area contributed by atoms with Crippen LogP contribution in [0.1, 0.15) is 57.8 Å². The van der Waals surface area contributed by atoms with Crippen molar-refractivity contribution in [2.24, 2.45) is 0 Å². The predicted molar refractivity (Wildman–Crippen MR) is 132 cm³/mol. The first-order chi connectivity index (χ1) is 15.6. The van der Waals surface area contributed by atoms with Gasteiger partial charge in [0.1, 0.15) is 17.6 Å². The highest BCUT2D eigenvalue weighted by Gasteiger charge is 2.27. The van der Waals surface area contributed by atoms with Gasteiger partial charge in [-0.05, 0) is 85.5 Å². The summed E-state index contributed by atoms with van der Waals surface area (Å²) < 4.78 is 12.1. The van der Waals surface area contributed by atoms with Crippen LogP contribution in [-0.2, 0) is 0 Å². The second kappa shape index (κ2) is 12.2. The van der Waals surface area contributed by atoms with Gasteiger partial charge < -0.3 is 24.4 Å². The van der Waals surface area contributed by atoms with Crippen LogP contribution >= 0.6 is 0 Å². The number of aliphatic hydroxyl groups is 1. The number of hydrogen-bond donors (Lipinski definition) is 1. The summed E-state index contributed by atoms with van der Waals surface area (Å²) in [7, 11) is 0. The van der Waals surface area contributed by atoms with E-state index in [0.29, 0.717) is 13.2 Å². The zero-order chi connectivity index (χ0) is 22.9. The summed E-state index contributed by atoms with van der Waals surface area (Å²) in [4.78, 5) is 4.81. The summed E-state index contributed by atoms with van der Waals surface area (Å²) in [5, 5.41) is 10.8. The minimum Gasteiger partial charge on any atom is -0.494 e. The molecule has 2 aromatic rings. The van der Waals surface area contributed by atoms with Crippen molar-refractivity contribution in [1.29, 1.82) is 0 Å². The summed E-state index contributed by atoms with van der Waals surface area (Å²) in [6.45, 7) is 16.5. The molecular weight excluding hydrogens is 400 g/mol. The van der Waals surface area contributed by atoms with Crippen molar-refractivity contribution in [3.05, 3.63) is 47.5 Å². The molecule has 0 unspecified atom stereocenters. The maximum Gasteiger partial charge on any atom is 0.119 e. The highest BCUT2D eigenvalue weighted by molar-refractivity contribution is 5.80. The molecule has 0 saturated heterocycles. The molecule has 1 aliphatic rings. The highest BCUT2D eigenvalue weighted by atomic mass is 16.5. The Balaban J connectivity index is 1.62. The summed E-state index contributed by atoms with van der Waals surface area (Å²) in [5.74, 6) is 1.71. The Morgan fingerprint density at radius 1 is 0.688 bits per heavy atom. The number of nitrogens with zero attached hydrogens (tertiary/aromatic N) is 2. The van der Waals surface area contributed by atoms with Gasteiger partial charge in [0, 0.05) is 13.1 Å². The Morgan fingerprint density at radius 3 is 1.47 bits per heavy atom.